The van der Waals surface area contributed by atoms with Crippen molar-refractivity contribution in [3.05, 3.63) is 101 Å². The number of benzene rings is 1. The van der Waals surface area contributed by atoms with E-state index in [2.05, 4.69) is 59.5 Å². The number of hydrogen-bond acceptors (Lipinski definition) is 5. The van der Waals surface area contributed by atoms with Gasteiger partial charge < -0.3 is 10.3 Å². The standard InChI is InChI=1S/C28H28N4O/c1-17(20-7-5-4-6-8-20)21-9-10-22-13-24(27-18(2)32-33-19(27)3)16-31-28(22)25(14-21)23-11-12-26(29)30-15-23/h4-8,11-17,21H,9-10H2,1-3H3,(H2,29,30). The van der Waals surface area contributed by atoms with Crippen LogP contribution in [0.4, 0.5) is 5.82 Å². The van der Waals surface area contributed by atoms with Gasteiger partial charge in [0, 0.05) is 34.7 Å². The van der Waals surface area contributed by atoms with Crippen molar-refractivity contribution in [2.45, 2.75) is 39.5 Å². The van der Waals surface area contributed by atoms with E-state index >= 15 is 0 Å². The van der Waals surface area contributed by atoms with Gasteiger partial charge in [-0.05, 0) is 67.9 Å². The van der Waals surface area contributed by atoms with E-state index in [1.807, 2.05) is 38.4 Å². The Kier molecular flexibility index (Phi) is 5.55. The molecule has 2 unspecified atom stereocenters. The van der Waals surface area contributed by atoms with Gasteiger partial charge in [-0.15, -0.1) is 0 Å². The number of nitrogen functional groups attached to an aromatic ring is 1. The number of allylic oxidation sites excluding steroid dienone is 1. The van der Waals surface area contributed by atoms with E-state index in [0.717, 1.165) is 52.3 Å². The fourth-order valence-electron chi connectivity index (χ4n) is 4.87. The van der Waals surface area contributed by atoms with Crippen LogP contribution < -0.4 is 5.73 Å². The summed E-state index contributed by atoms with van der Waals surface area (Å²) in [5.41, 5.74) is 14.6. The van der Waals surface area contributed by atoms with Crippen molar-refractivity contribution in [1.29, 1.82) is 0 Å². The first-order valence-corrected chi connectivity index (χ1v) is 11.4. The van der Waals surface area contributed by atoms with Gasteiger partial charge in [0.15, 0.2) is 0 Å². The molecule has 5 heteroatoms. The lowest BCUT2D eigenvalue weighted by molar-refractivity contribution is 0.393. The van der Waals surface area contributed by atoms with Crippen LogP contribution in [0.1, 0.15) is 53.1 Å². The van der Waals surface area contributed by atoms with Crippen LogP contribution in [0.5, 0.6) is 0 Å². The van der Waals surface area contributed by atoms with E-state index in [9.17, 15) is 0 Å². The summed E-state index contributed by atoms with van der Waals surface area (Å²) in [5, 5.41) is 4.13. The van der Waals surface area contributed by atoms with Crippen LogP contribution in [-0.2, 0) is 6.42 Å². The minimum absolute atomic E-state index is 0.372. The highest BCUT2D eigenvalue weighted by Crippen LogP contribution is 2.39. The third kappa shape index (κ3) is 4.07. The smallest absolute Gasteiger partial charge is 0.141 e. The molecule has 5 nitrogen and oxygen atoms in total. The summed E-state index contributed by atoms with van der Waals surface area (Å²) >= 11 is 0. The molecule has 0 bridgehead atoms. The van der Waals surface area contributed by atoms with Crippen molar-refractivity contribution in [1.82, 2.24) is 15.1 Å². The van der Waals surface area contributed by atoms with Gasteiger partial charge in [-0.1, -0.05) is 48.5 Å². The summed E-state index contributed by atoms with van der Waals surface area (Å²) in [5.74, 6) is 2.09. The number of rotatable bonds is 4. The van der Waals surface area contributed by atoms with E-state index in [4.69, 9.17) is 15.2 Å². The molecule has 3 heterocycles. The number of aromatic nitrogens is 3. The van der Waals surface area contributed by atoms with E-state index in [0.29, 0.717) is 17.7 Å². The molecule has 1 aliphatic carbocycles. The van der Waals surface area contributed by atoms with Gasteiger partial charge in [-0.2, -0.15) is 0 Å². The molecule has 0 radical (unpaired) electrons. The van der Waals surface area contributed by atoms with Crippen LogP contribution in [0, 0.1) is 19.8 Å². The molecule has 5 rings (SSSR count). The fraction of sp³-hybridized carbons (Fsp3) is 0.250. The average Bonchev–Trinajstić information content (AvgIpc) is 3.06. The van der Waals surface area contributed by atoms with E-state index in [-0.39, 0.29) is 0 Å². The Bertz CT molecular complexity index is 1290. The van der Waals surface area contributed by atoms with Gasteiger partial charge in [0.25, 0.3) is 0 Å². The van der Waals surface area contributed by atoms with E-state index < -0.39 is 0 Å². The average molecular weight is 437 g/mol. The molecule has 33 heavy (non-hydrogen) atoms. The highest BCUT2D eigenvalue weighted by molar-refractivity contribution is 5.81. The zero-order valence-electron chi connectivity index (χ0n) is 19.2. The zero-order chi connectivity index (χ0) is 22.9. The molecule has 0 saturated heterocycles. The van der Waals surface area contributed by atoms with Gasteiger partial charge in [0.1, 0.15) is 11.6 Å². The molecule has 0 aliphatic heterocycles. The minimum Gasteiger partial charge on any atom is -0.384 e. The largest absolute Gasteiger partial charge is 0.384 e. The first-order valence-electron chi connectivity index (χ1n) is 11.4. The Morgan fingerprint density at radius 2 is 1.79 bits per heavy atom. The molecule has 4 aromatic rings. The molecule has 1 aliphatic rings. The fourth-order valence-corrected chi connectivity index (χ4v) is 4.87. The van der Waals surface area contributed by atoms with Crippen LogP contribution in [0.2, 0.25) is 0 Å². The number of aryl methyl sites for hydroxylation is 3. The Morgan fingerprint density at radius 3 is 2.48 bits per heavy atom. The number of fused-ring (bicyclic) bond motifs is 1. The second-order valence-electron chi connectivity index (χ2n) is 8.88. The normalized spacial score (nSPS) is 16.6. The third-order valence-electron chi connectivity index (χ3n) is 6.74. The number of nitrogens with zero attached hydrogens (tertiary/aromatic N) is 3. The summed E-state index contributed by atoms with van der Waals surface area (Å²) in [6.45, 7) is 6.23. The van der Waals surface area contributed by atoms with Crippen molar-refractivity contribution in [2.24, 2.45) is 5.92 Å². The molecule has 0 fully saturated rings. The minimum atomic E-state index is 0.372. The van der Waals surface area contributed by atoms with Crippen molar-refractivity contribution in [2.75, 3.05) is 5.73 Å². The molecule has 0 spiro atoms. The van der Waals surface area contributed by atoms with E-state index in [1.165, 1.54) is 11.1 Å². The van der Waals surface area contributed by atoms with E-state index in [1.54, 1.807) is 0 Å². The van der Waals surface area contributed by atoms with Gasteiger partial charge in [0.2, 0.25) is 0 Å². The van der Waals surface area contributed by atoms with Gasteiger partial charge in [-0.3, -0.25) is 4.98 Å². The van der Waals surface area contributed by atoms with Crippen LogP contribution >= 0.6 is 0 Å². The predicted octanol–water partition coefficient (Wildman–Crippen LogP) is 6.13. The quantitative estimate of drug-likeness (QED) is 0.416. The molecule has 166 valence electrons. The Labute approximate surface area is 194 Å². The maximum absolute atomic E-state index is 5.87. The van der Waals surface area contributed by atoms with Crippen molar-refractivity contribution in [3.8, 4) is 11.1 Å². The number of hydrogen-bond donors (Lipinski definition) is 1. The lowest BCUT2D eigenvalue weighted by atomic mass is 9.83. The number of nitrogens with two attached hydrogens (primary N) is 1. The lowest BCUT2D eigenvalue weighted by Gasteiger charge is -2.21. The molecule has 0 amide bonds. The third-order valence-corrected chi connectivity index (χ3v) is 6.74. The topological polar surface area (TPSA) is 77.8 Å². The Balaban J connectivity index is 1.61. The number of anilines is 1. The van der Waals surface area contributed by atoms with Crippen LogP contribution in [-0.4, -0.2) is 15.1 Å². The van der Waals surface area contributed by atoms with Gasteiger partial charge in [0.05, 0.1) is 11.4 Å². The summed E-state index contributed by atoms with van der Waals surface area (Å²) in [6.07, 6.45) is 8.17. The molecular weight excluding hydrogens is 408 g/mol. The molecule has 3 aromatic heterocycles. The summed E-state index contributed by atoms with van der Waals surface area (Å²) in [4.78, 5) is 9.32. The Morgan fingerprint density at radius 1 is 1.00 bits per heavy atom. The van der Waals surface area contributed by atoms with Crippen LogP contribution in [0.15, 0.2) is 71.5 Å². The van der Waals surface area contributed by atoms with Gasteiger partial charge in [-0.25, -0.2) is 4.98 Å². The molecular formula is C28H28N4O. The monoisotopic (exact) mass is 436 g/mol. The summed E-state index contributed by atoms with van der Waals surface area (Å²) in [6, 6.07) is 16.9. The highest BCUT2D eigenvalue weighted by atomic mass is 16.5. The predicted molar refractivity (Wildman–Crippen MR) is 132 cm³/mol. The van der Waals surface area contributed by atoms with Crippen LogP contribution in [0.25, 0.3) is 16.7 Å². The second kappa shape index (κ2) is 8.66. The molecule has 1 aromatic carbocycles. The summed E-state index contributed by atoms with van der Waals surface area (Å²) in [7, 11) is 0. The molecule has 2 N–H and O–H groups in total. The number of pyridine rings is 2. The lowest BCUT2D eigenvalue weighted by Crippen LogP contribution is -2.08. The first-order chi connectivity index (χ1) is 16.0. The maximum atomic E-state index is 5.87. The zero-order valence-corrected chi connectivity index (χ0v) is 19.2. The van der Waals surface area contributed by atoms with Crippen LogP contribution in [0.3, 0.4) is 0 Å². The Hall–Kier alpha value is -3.73. The summed E-state index contributed by atoms with van der Waals surface area (Å²) < 4.78 is 5.41. The molecule has 2 atom stereocenters. The first kappa shape index (κ1) is 21.1. The second-order valence-corrected chi connectivity index (χ2v) is 8.88. The van der Waals surface area contributed by atoms with Crippen molar-refractivity contribution >= 4 is 11.4 Å². The SMILES string of the molecule is Cc1noc(C)c1-c1cnc2c(c1)CCC(C(C)c1ccccc1)C=C2c1ccc(N)nc1. The highest BCUT2D eigenvalue weighted by Gasteiger charge is 2.25. The van der Waals surface area contributed by atoms with Gasteiger partial charge >= 0.3 is 0 Å². The molecule has 0 saturated carbocycles. The maximum Gasteiger partial charge on any atom is 0.141 e. The van der Waals surface area contributed by atoms with Crippen molar-refractivity contribution in [3.63, 3.8) is 0 Å². The van der Waals surface area contributed by atoms with Crippen molar-refractivity contribution < 1.29 is 4.52 Å².